The van der Waals surface area contributed by atoms with E-state index < -0.39 is 10.0 Å². The Morgan fingerprint density at radius 3 is 2.86 bits per heavy atom. The SMILES string of the molecule is COc1cccc(S(=O)(=O)NCCSC2CCOCC2)c1. The summed E-state index contributed by atoms with van der Waals surface area (Å²) in [5.41, 5.74) is 0. The predicted molar refractivity (Wildman–Crippen MR) is 84.5 cm³/mol. The molecule has 21 heavy (non-hydrogen) atoms. The van der Waals surface area contributed by atoms with Gasteiger partial charge in [-0.2, -0.15) is 11.8 Å². The Balaban J connectivity index is 1.80. The van der Waals surface area contributed by atoms with Crippen molar-refractivity contribution in [3.05, 3.63) is 24.3 Å². The summed E-state index contributed by atoms with van der Waals surface area (Å²) in [6.45, 7) is 2.06. The number of ether oxygens (including phenoxy) is 2. The molecule has 1 aromatic carbocycles. The van der Waals surface area contributed by atoms with Gasteiger partial charge in [0.2, 0.25) is 10.0 Å². The summed E-state index contributed by atoms with van der Waals surface area (Å²) in [6.07, 6.45) is 2.10. The quantitative estimate of drug-likeness (QED) is 0.773. The highest BCUT2D eigenvalue weighted by Crippen LogP contribution is 2.21. The molecule has 0 atom stereocenters. The smallest absolute Gasteiger partial charge is 0.240 e. The first-order chi connectivity index (χ1) is 10.1. The van der Waals surface area contributed by atoms with Gasteiger partial charge in [-0.3, -0.25) is 0 Å². The molecular weight excluding hydrogens is 310 g/mol. The third-order valence-electron chi connectivity index (χ3n) is 3.27. The molecule has 1 saturated heterocycles. The van der Waals surface area contributed by atoms with Crippen LogP contribution in [-0.2, 0) is 14.8 Å². The Morgan fingerprint density at radius 2 is 2.14 bits per heavy atom. The van der Waals surface area contributed by atoms with E-state index in [1.807, 2.05) is 11.8 Å². The lowest BCUT2D eigenvalue weighted by molar-refractivity contribution is 0.100. The van der Waals surface area contributed by atoms with Gasteiger partial charge in [0, 0.05) is 36.8 Å². The van der Waals surface area contributed by atoms with Crippen molar-refractivity contribution < 1.29 is 17.9 Å². The molecule has 0 radical (unpaired) electrons. The number of nitrogens with one attached hydrogen (secondary N) is 1. The van der Waals surface area contributed by atoms with Crippen molar-refractivity contribution in [3.8, 4) is 5.75 Å². The summed E-state index contributed by atoms with van der Waals surface area (Å²) in [5, 5.41) is 0.583. The molecule has 0 aromatic heterocycles. The van der Waals surface area contributed by atoms with Crippen LogP contribution in [0.2, 0.25) is 0 Å². The molecule has 0 aliphatic carbocycles. The number of hydrogen-bond acceptors (Lipinski definition) is 5. The van der Waals surface area contributed by atoms with Gasteiger partial charge >= 0.3 is 0 Å². The van der Waals surface area contributed by atoms with Crippen molar-refractivity contribution >= 4 is 21.8 Å². The lowest BCUT2D eigenvalue weighted by atomic mass is 10.2. The molecule has 1 heterocycles. The maximum atomic E-state index is 12.2. The topological polar surface area (TPSA) is 64.6 Å². The van der Waals surface area contributed by atoms with Gasteiger partial charge in [0.1, 0.15) is 5.75 Å². The lowest BCUT2D eigenvalue weighted by Crippen LogP contribution is -2.27. The molecule has 0 spiro atoms. The minimum atomic E-state index is -3.46. The van der Waals surface area contributed by atoms with Crippen LogP contribution in [-0.4, -0.2) is 46.3 Å². The Bertz CT molecular complexity index is 542. The second-order valence-corrected chi connectivity index (χ2v) is 7.93. The Hall–Kier alpha value is -0.760. The molecule has 7 heteroatoms. The van der Waals surface area contributed by atoms with Crippen molar-refractivity contribution in [1.82, 2.24) is 4.72 Å². The van der Waals surface area contributed by atoms with Crippen molar-refractivity contribution in [3.63, 3.8) is 0 Å². The molecule has 1 aromatic rings. The van der Waals surface area contributed by atoms with Crippen molar-refractivity contribution in [2.24, 2.45) is 0 Å². The molecule has 1 aliphatic heterocycles. The van der Waals surface area contributed by atoms with E-state index in [-0.39, 0.29) is 4.90 Å². The molecule has 2 rings (SSSR count). The van der Waals surface area contributed by atoms with Crippen molar-refractivity contribution in [1.29, 1.82) is 0 Å². The van der Waals surface area contributed by atoms with Crippen LogP contribution in [0.5, 0.6) is 5.75 Å². The van der Waals surface area contributed by atoms with Gasteiger partial charge in [0.25, 0.3) is 0 Å². The molecule has 1 fully saturated rings. The highest BCUT2D eigenvalue weighted by molar-refractivity contribution is 8.00. The normalized spacial score (nSPS) is 16.8. The van der Waals surface area contributed by atoms with E-state index in [1.165, 1.54) is 13.2 Å². The van der Waals surface area contributed by atoms with Crippen LogP contribution < -0.4 is 9.46 Å². The zero-order valence-electron chi connectivity index (χ0n) is 12.1. The monoisotopic (exact) mass is 331 g/mol. The zero-order chi connectivity index (χ0) is 15.1. The maximum absolute atomic E-state index is 12.2. The highest BCUT2D eigenvalue weighted by atomic mass is 32.2. The first-order valence-electron chi connectivity index (χ1n) is 6.95. The third kappa shape index (κ3) is 5.18. The van der Waals surface area contributed by atoms with E-state index in [0.29, 0.717) is 17.5 Å². The molecule has 1 aliphatic rings. The lowest BCUT2D eigenvalue weighted by Gasteiger charge is -2.21. The van der Waals surface area contributed by atoms with E-state index in [2.05, 4.69) is 4.72 Å². The summed E-state index contributed by atoms with van der Waals surface area (Å²) in [6, 6.07) is 6.48. The molecular formula is C14H21NO4S2. The molecule has 5 nitrogen and oxygen atoms in total. The summed E-state index contributed by atoms with van der Waals surface area (Å²) in [5.74, 6) is 1.31. The van der Waals surface area contributed by atoms with E-state index >= 15 is 0 Å². The van der Waals surface area contributed by atoms with Crippen molar-refractivity contribution in [2.75, 3.05) is 32.6 Å². The molecule has 0 amide bonds. The van der Waals surface area contributed by atoms with Crippen molar-refractivity contribution in [2.45, 2.75) is 23.0 Å². The molecule has 118 valence electrons. The van der Waals surface area contributed by atoms with Crippen LogP contribution in [0, 0.1) is 0 Å². The van der Waals surface area contributed by atoms with Gasteiger partial charge in [-0.1, -0.05) is 6.07 Å². The van der Waals surface area contributed by atoms with Gasteiger partial charge in [0.15, 0.2) is 0 Å². The van der Waals surface area contributed by atoms with E-state index in [9.17, 15) is 8.42 Å². The van der Waals surface area contributed by atoms with Gasteiger partial charge < -0.3 is 9.47 Å². The number of thioether (sulfide) groups is 1. The zero-order valence-corrected chi connectivity index (χ0v) is 13.7. The van der Waals surface area contributed by atoms with Crippen LogP contribution >= 0.6 is 11.8 Å². The Labute approximate surface area is 130 Å². The number of hydrogen-bond donors (Lipinski definition) is 1. The molecule has 0 bridgehead atoms. The molecule has 0 unspecified atom stereocenters. The van der Waals surface area contributed by atoms with Gasteiger partial charge in [0.05, 0.1) is 12.0 Å². The number of benzene rings is 1. The Morgan fingerprint density at radius 1 is 1.38 bits per heavy atom. The fraction of sp³-hybridized carbons (Fsp3) is 0.571. The summed E-state index contributed by atoms with van der Waals surface area (Å²) < 4.78 is 37.3. The first kappa shape index (κ1) is 16.6. The number of sulfonamides is 1. The fourth-order valence-corrected chi connectivity index (χ4v) is 4.37. The van der Waals surface area contributed by atoms with Crippen LogP contribution in [0.4, 0.5) is 0 Å². The summed E-state index contributed by atoms with van der Waals surface area (Å²) in [4.78, 5) is 0.234. The standard InChI is InChI=1S/C14H21NO4S2/c1-18-12-3-2-4-14(11-12)21(16,17)15-7-10-20-13-5-8-19-9-6-13/h2-4,11,13,15H,5-10H2,1H3. The Kier molecular flexibility index (Phi) is 6.35. The first-order valence-corrected chi connectivity index (χ1v) is 9.48. The average molecular weight is 331 g/mol. The van der Waals surface area contributed by atoms with Gasteiger partial charge in [-0.05, 0) is 25.0 Å². The van der Waals surface area contributed by atoms with Crippen LogP contribution in [0.3, 0.4) is 0 Å². The minimum Gasteiger partial charge on any atom is -0.497 e. The second kappa shape index (κ2) is 8.03. The van der Waals surface area contributed by atoms with Crippen LogP contribution in [0.25, 0.3) is 0 Å². The number of methoxy groups -OCH3 is 1. The maximum Gasteiger partial charge on any atom is 0.240 e. The minimum absolute atomic E-state index is 0.234. The van der Waals surface area contributed by atoms with E-state index in [1.54, 1.807) is 18.2 Å². The summed E-state index contributed by atoms with van der Waals surface area (Å²) >= 11 is 1.81. The largest absolute Gasteiger partial charge is 0.497 e. The van der Waals surface area contributed by atoms with Gasteiger partial charge in [-0.15, -0.1) is 0 Å². The fourth-order valence-electron chi connectivity index (χ4n) is 2.10. The van der Waals surface area contributed by atoms with E-state index in [0.717, 1.165) is 31.8 Å². The molecule has 1 N–H and O–H groups in total. The van der Waals surface area contributed by atoms with Gasteiger partial charge in [-0.25, -0.2) is 13.1 Å². The van der Waals surface area contributed by atoms with E-state index in [4.69, 9.17) is 9.47 Å². The van der Waals surface area contributed by atoms with Crippen LogP contribution in [0.15, 0.2) is 29.2 Å². The summed E-state index contributed by atoms with van der Waals surface area (Å²) in [7, 11) is -1.95. The highest BCUT2D eigenvalue weighted by Gasteiger charge is 2.16. The predicted octanol–water partition coefficient (Wildman–Crippen LogP) is 1.89. The average Bonchev–Trinajstić information content (AvgIpc) is 2.53. The second-order valence-electron chi connectivity index (χ2n) is 4.76. The number of rotatable bonds is 7. The third-order valence-corrected chi connectivity index (χ3v) is 6.11. The van der Waals surface area contributed by atoms with Crippen LogP contribution in [0.1, 0.15) is 12.8 Å². The molecule has 0 saturated carbocycles.